The first-order valence-electron chi connectivity index (χ1n) is 5.99. The molecule has 1 heterocycles. The first-order valence-corrected chi connectivity index (χ1v) is 6.75. The molecule has 20 heavy (non-hydrogen) atoms. The molecule has 1 aromatic heterocycles. The maximum atomic E-state index is 13.6. The van der Waals surface area contributed by atoms with Gasteiger partial charge in [-0.3, -0.25) is 0 Å². The molecule has 0 radical (unpaired) electrons. The van der Waals surface area contributed by atoms with Crippen molar-refractivity contribution in [1.82, 2.24) is 4.98 Å². The Morgan fingerprint density at radius 1 is 1.15 bits per heavy atom. The van der Waals surface area contributed by atoms with E-state index in [2.05, 4.69) is 10.3 Å². The van der Waals surface area contributed by atoms with Gasteiger partial charge in [0.15, 0.2) is 0 Å². The number of nitrogens with two attached hydrogens (primary N) is 1. The van der Waals surface area contributed by atoms with Gasteiger partial charge >= 0.3 is 0 Å². The molecule has 0 aliphatic heterocycles. The molecule has 0 spiro atoms. The summed E-state index contributed by atoms with van der Waals surface area (Å²) in [6, 6.07) is 5.10. The van der Waals surface area contributed by atoms with Crippen LogP contribution in [0, 0.1) is 19.7 Å². The first-order chi connectivity index (χ1) is 9.38. The van der Waals surface area contributed by atoms with Crippen LogP contribution in [-0.4, -0.2) is 4.98 Å². The van der Waals surface area contributed by atoms with Gasteiger partial charge in [-0.1, -0.05) is 35.3 Å². The van der Waals surface area contributed by atoms with Gasteiger partial charge in [0.25, 0.3) is 0 Å². The Balaban J connectivity index is 2.19. The highest BCUT2D eigenvalue weighted by atomic mass is 35.5. The lowest BCUT2D eigenvalue weighted by Gasteiger charge is -2.11. The highest BCUT2D eigenvalue weighted by Gasteiger charge is 2.08. The lowest BCUT2D eigenvalue weighted by Crippen LogP contribution is -2.05. The van der Waals surface area contributed by atoms with E-state index in [0.29, 0.717) is 33.5 Å². The van der Waals surface area contributed by atoms with Crippen molar-refractivity contribution in [3.63, 3.8) is 0 Å². The number of aromatic nitrogens is 1. The molecular formula is C14H14Cl2FN3. The number of hydrogen-bond acceptors (Lipinski definition) is 3. The molecule has 0 fully saturated rings. The van der Waals surface area contributed by atoms with E-state index < -0.39 is 0 Å². The molecule has 0 saturated carbocycles. The second kappa shape index (κ2) is 5.85. The molecule has 2 rings (SSSR count). The zero-order valence-corrected chi connectivity index (χ0v) is 12.6. The standard InChI is InChI=1S/C14H14Cl2FN3/c1-7-3-9(4-8(2)12(7)17)6-19-14-11(16)5-10(15)13(18)20-14/h3-5H,6H2,1-2H3,(H3,18,19,20). The predicted molar refractivity (Wildman–Crippen MR) is 81.9 cm³/mol. The molecule has 0 saturated heterocycles. The first kappa shape index (κ1) is 14.9. The molecule has 6 heteroatoms. The minimum atomic E-state index is -0.180. The highest BCUT2D eigenvalue weighted by molar-refractivity contribution is 6.37. The van der Waals surface area contributed by atoms with E-state index in [-0.39, 0.29) is 11.6 Å². The number of benzene rings is 1. The molecule has 3 N–H and O–H groups in total. The van der Waals surface area contributed by atoms with Gasteiger partial charge in [-0.05, 0) is 36.6 Å². The lowest BCUT2D eigenvalue weighted by molar-refractivity contribution is 0.608. The van der Waals surface area contributed by atoms with E-state index in [9.17, 15) is 4.39 Å². The minimum absolute atomic E-state index is 0.180. The summed E-state index contributed by atoms with van der Waals surface area (Å²) in [6.07, 6.45) is 0. The summed E-state index contributed by atoms with van der Waals surface area (Å²) >= 11 is 11.9. The number of nitrogens with one attached hydrogen (secondary N) is 1. The van der Waals surface area contributed by atoms with Crippen molar-refractivity contribution in [2.45, 2.75) is 20.4 Å². The number of aryl methyl sites for hydroxylation is 2. The average molecular weight is 314 g/mol. The van der Waals surface area contributed by atoms with E-state index in [0.717, 1.165) is 5.56 Å². The zero-order chi connectivity index (χ0) is 14.9. The molecule has 0 aliphatic rings. The van der Waals surface area contributed by atoms with Crippen LogP contribution in [0.25, 0.3) is 0 Å². The number of pyridine rings is 1. The number of hydrogen-bond donors (Lipinski definition) is 2. The Bertz CT molecular complexity index is 636. The van der Waals surface area contributed by atoms with Gasteiger partial charge in [0.05, 0.1) is 10.0 Å². The SMILES string of the molecule is Cc1cc(CNc2nc(N)c(Cl)cc2Cl)cc(C)c1F. The van der Waals surface area contributed by atoms with Crippen LogP contribution in [-0.2, 0) is 6.54 Å². The Labute approximate surface area is 126 Å². The molecule has 0 atom stereocenters. The van der Waals surface area contributed by atoms with Crippen molar-refractivity contribution >= 4 is 34.8 Å². The van der Waals surface area contributed by atoms with Gasteiger partial charge in [-0.15, -0.1) is 0 Å². The van der Waals surface area contributed by atoms with E-state index in [4.69, 9.17) is 28.9 Å². The van der Waals surface area contributed by atoms with Crippen LogP contribution in [0.2, 0.25) is 10.0 Å². The number of nitrogens with zero attached hydrogens (tertiary/aromatic N) is 1. The topological polar surface area (TPSA) is 50.9 Å². The van der Waals surface area contributed by atoms with Crippen LogP contribution in [0.3, 0.4) is 0 Å². The average Bonchev–Trinajstić information content (AvgIpc) is 2.38. The Hall–Kier alpha value is -1.52. The molecule has 0 bridgehead atoms. The van der Waals surface area contributed by atoms with Crippen LogP contribution in [0.5, 0.6) is 0 Å². The van der Waals surface area contributed by atoms with E-state index >= 15 is 0 Å². The van der Waals surface area contributed by atoms with Crippen LogP contribution in [0.1, 0.15) is 16.7 Å². The molecule has 0 unspecified atom stereocenters. The van der Waals surface area contributed by atoms with Gasteiger partial charge in [0.1, 0.15) is 17.5 Å². The van der Waals surface area contributed by atoms with E-state index in [1.807, 2.05) is 0 Å². The van der Waals surface area contributed by atoms with Gasteiger partial charge in [-0.2, -0.15) is 0 Å². The van der Waals surface area contributed by atoms with Gasteiger partial charge in [0.2, 0.25) is 0 Å². The maximum absolute atomic E-state index is 13.6. The van der Waals surface area contributed by atoms with Gasteiger partial charge in [0, 0.05) is 6.54 Å². The number of anilines is 2. The molecule has 0 amide bonds. The summed E-state index contributed by atoms with van der Waals surface area (Å²) in [5, 5.41) is 3.77. The predicted octanol–water partition coefficient (Wildman–Crippen LogP) is 4.34. The Morgan fingerprint density at radius 2 is 1.75 bits per heavy atom. The van der Waals surface area contributed by atoms with Gasteiger partial charge in [-0.25, -0.2) is 9.37 Å². The fourth-order valence-corrected chi connectivity index (χ4v) is 2.35. The van der Waals surface area contributed by atoms with Crippen LogP contribution in [0.4, 0.5) is 16.0 Å². The van der Waals surface area contributed by atoms with Crippen LogP contribution < -0.4 is 11.1 Å². The largest absolute Gasteiger partial charge is 0.382 e. The monoisotopic (exact) mass is 313 g/mol. The summed E-state index contributed by atoms with van der Waals surface area (Å²) in [6.45, 7) is 3.93. The molecule has 3 nitrogen and oxygen atoms in total. The second-order valence-corrected chi connectivity index (χ2v) is 5.40. The number of rotatable bonds is 3. The van der Waals surface area contributed by atoms with E-state index in [1.54, 1.807) is 26.0 Å². The van der Waals surface area contributed by atoms with Crippen molar-refractivity contribution in [1.29, 1.82) is 0 Å². The molecule has 0 aliphatic carbocycles. The molecule has 2 aromatic rings. The van der Waals surface area contributed by atoms with E-state index in [1.165, 1.54) is 6.07 Å². The third-order valence-corrected chi connectivity index (χ3v) is 3.50. The number of nitrogen functional groups attached to an aromatic ring is 1. The summed E-state index contributed by atoms with van der Waals surface area (Å²) < 4.78 is 13.6. The van der Waals surface area contributed by atoms with Crippen molar-refractivity contribution in [2.24, 2.45) is 0 Å². The van der Waals surface area contributed by atoms with Gasteiger partial charge < -0.3 is 11.1 Å². The quantitative estimate of drug-likeness (QED) is 0.886. The number of halogens is 3. The third-order valence-electron chi connectivity index (χ3n) is 2.91. The van der Waals surface area contributed by atoms with Crippen LogP contribution in [0.15, 0.2) is 18.2 Å². The summed E-state index contributed by atoms with van der Waals surface area (Å²) in [5.41, 5.74) is 7.79. The molecule has 106 valence electrons. The summed E-state index contributed by atoms with van der Waals surface area (Å²) in [5.74, 6) is 0.485. The Morgan fingerprint density at radius 3 is 2.35 bits per heavy atom. The normalized spacial score (nSPS) is 10.7. The maximum Gasteiger partial charge on any atom is 0.147 e. The second-order valence-electron chi connectivity index (χ2n) is 4.58. The zero-order valence-electron chi connectivity index (χ0n) is 11.1. The van der Waals surface area contributed by atoms with Crippen molar-refractivity contribution in [2.75, 3.05) is 11.1 Å². The lowest BCUT2D eigenvalue weighted by atomic mass is 10.1. The highest BCUT2D eigenvalue weighted by Crippen LogP contribution is 2.27. The van der Waals surface area contributed by atoms with Crippen molar-refractivity contribution in [3.05, 3.63) is 50.8 Å². The molecule has 1 aromatic carbocycles. The van der Waals surface area contributed by atoms with Crippen molar-refractivity contribution in [3.8, 4) is 0 Å². The summed E-state index contributed by atoms with van der Waals surface area (Å²) in [4.78, 5) is 4.08. The molecular weight excluding hydrogens is 300 g/mol. The summed E-state index contributed by atoms with van der Waals surface area (Å²) in [7, 11) is 0. The van der Waals surface area contributed by atoms with Crippen LogP contribution >= 0.6 is 23.2 Å². The fourth-order valence-electron chi connectivity index (χ4n) is 1.93. The fraction of sp³-hybridized carbons (Fsp3) is 0.214. The smallest absolute Gasteiger partial charge is 0.147 e. The third kappa shape index (κ3) is 3.14. The van der Waals surface area contributed by atoms with Crippen molar-refractivity contribution < 1.29 is 4.39 Å². The minimum Gasteiger partial charge on any atom is -0.382 e. The Kier molecular flexibility index (Phi) is 4.35.